The van der Waals surface area contributed by atoms with Crippen molar-refractivity contribution >= 4 is 12.0 Å². The van der Waals surface area contributed by atoms with Crippen LogP contribution in [0.3, 0.4) is 0 Å². The highest BCUT2D eigenvalue weighted by atomic mass is 16.5. The molecule has 0 spiro atoms. The first-order valence-electron chi connectivity index (χ1n) is 6.61. The van der Waals surface area contributed by atoms with Gasteiger partial charge in [-0.25, -0.2) is 4.79 Å². The molecule has 1 atom stereocenters. The lowest BCUT2D eigenvalue weighted by Crippen LogP contribution is -2.47. The second kappa shape index (κ2) is 6.36. The summed E-state index contributed by atoms with van der Waals surface area (Å²) in [6, 6.07) is -0.243. The molecule has 1 aromatic rings. The van der Waals surface area contributed by atoms with Gasteiger partial charge in [0, 0.05) is 26.1 Å². The smallest absolute Gasteiger partial charge is 0.317 e. The van der Waals surface area contributed by atoms with Crippen LogP contribution >= 0.6 is 0 Å². The zero-order valence-corrected chi connectivity index (χ0v) is 11.3. The molecule has 8 heteroatoms. The fourth-order valence-electron chi connectivity index (χ4n) is 2.19. The maximum Gasteiger partial charge on any atom is 0.317 e. The topological polar surface area (TPSA) is 109 Å². The number of carboxylic acid groups (broad SMARTS) is 1. The highest BCUT2D eigenvalue weighted by molar-refractivity contribution is 5.76. The summed E-state index contributed by atoms with van der Waals surface area (Å²) in [5.41, 5.74) is 0. The highest BCUT2D eigenvalue weighted by Crippen LogP contribution is 2.16. The minimum absolute atomic E-state index is 0.243. The third kappa shape index (κ3) is 3.69. The quantitative estimate of drug-likeness (QED) is 0.828. The predicted octanol–water partition coefficient (Wildman–Crippen LogP) is 0.427. The van der Waals surface area contributed by atoms with Crippen molar-refractivity contribution in [3.63, 3.8) is 0 Å². The Balaban J connectivity index is 1.75. The number of hydrogen-bond donors (Lipinski definition) is 2. The van der Waals surface area contributed by atoms with Crippen LogP contribution in [0.15, 0.2) is 4.52 Å². The minimum Gasteiger partial charge on any atom is -0.481 e. The van der Waals surface area contributed by atoms with Gasteiger partial charge in [-0.05, 0) is 19.8 Å². The van der Waals surface area contributed by atoms with Crippen molar-refractivity contribution in [3.8, 4) is 0 Å². The number of nitrogens with zero attached hydrogens (tertiary/aromatic N) is 3. The number of carbonyl (C=O) groups excluding carboxylic acids is 1. The molecule has 2 amide bonds. The summed E-state index contributed by atoms with van der Waals surface area (Å²) in [7, 11) is 0. The van der Waals surface area contributed by atoms with Crippen molar-refractivity contribution in [1.29, 1.82) is 0 Å². The Hall–Kier alpha value is -2.12. The molecule has 1 aliphatic rings. The molecule has 1 aromatic heterocycles. The summed E-state index contributed by atoms with van der Waals surface area (Å²) in [6.07, 6.45) is 1.80. The van der Waals surface area contributed by atoms with Crippen molar-refractivity contribution in [3.05, 3.63) is 11.7 Å². The molecule has 1 aliphatic heterocycles. The van der Waals surface area contributed by atoms with E-state index in [2.05, 4.69) is 15.5 Å². The van der Waals surface area contributed by atoms with Crippen LogP contribution in [0.5, 0.6) is 0 Å². The van der Waals surface area contributed by atoms with Crippen LogP contribution in [0, 0.1) is 12.8 Å². The van der Waals surface area contributed by atoms with Crippen molar-refractivity contribution in [2.24, 2.45) is 5.92 Å². The zero-order valence-electron chi connectivity index (χ0n) is 11.3. The first-order valence-corrected chi connectivity index (χ1v) is 6.61. The van der Waals surface area contributed by atoms with E-state index in [1.165, 1.54) is 0 Å². The van der Waals surface area contributed by atoms with E-state index < -0.39 is 11.9 Å². The summed E-state index contributed by atoms with van der Waals surface area (Å²) < 4.78 is 4.94. The molecule has 2 N–H and O–H groups in total. The fourth-order valence-corrected chi connectivity index (χ4v) is 2.19. The van der Waals surface area contributed by atoms with Gasteiger partial charge in [0.05, 0.1) is 5.92 Å². The number of nitrogens with one attached hydrogen (secondary N) is 1. The van der Waals surface area contributed by atoms with Gasteiger partial charge in [0.25, 0.3) is 0 Å². The van der Waals surface area contributed by atoms with Gasteiger partial charge < -0.3 is 19.8 Å². The Morgan fingerprint density at radius 3 is 3.00 bits per heavy atom. The van der Waals surface area contributed by atoms with Crippen molar-refractivity contribution in [1.82, 2.24) is 20.4 Å². The van der Waals surface area contributed by atoms with Crippen LogP contribution < -0.4 is 5.32 Å². The van der Waals surface area contributed by atoms with E-state index in [0.717, 1.165) is 0 Å². The third-order valence-electron chi connectivity index (χ3n) is 3.24. The molecular formula is C12H18N4O4. The number of aromatic nitrogens is 2. The molecule has 2 heterocycles. The van der Waals surface area contributed by atoms with Crippen LogP contribution in [0.25, 0.3) is 0 Å². The number of carbonyl (C=O) groups is 2. The molecular weight excluding hydrogens is 264 g/mol. The number of piperidine rings is 1. The Labute approximate surface area is 116 Å². The summed E-state index contributed by atoms with van der Waals surface area (Å²) in [5.74, 6) is -0.270. The largest absolute Gasteiger partial charge is 0.481 e. The summed E-state index contributed by atoms with van der Waals surface area (Å²) in [6.45, 7) is 2.97. The maximum atomic E-state index is 11.9. The fraction of sp³-hybridized carbons (Fsp3) is 0.667. The molecule has 1 fully saturated rings. The highest BCUT2D eigenvalue weighted by Gasteiger charge is 2.27. The van der Waals surface area contributed by atoms with Crippen LogP contribution in [0.1, 0.15) is 24.6 Å². The van der Waals surface area contributed by atoms with E-state index in [1.54, 1.807) is 11.8 Å². The number of likely N-dealkylation sites (tertiary alicyclic amines) is 1. The number of aryl methyl sites for hydroxylation is 1. The Bertz CT molecular complexity index is 488. The molecule has 0 bridgehead atoms. The average molecular weight is 282 g/mol. The number of hydrogen-bond acceptors (Lipinski definition) is 5. The van der Waals surface area contributed by atoms with Gasteiger partial charge in [-0.1, -0.05) is 5.16 Å². The van der Waals surface area contributed by atoms with E-state index in [1.807, 2.05) is 0 Å². The predicted molar refractivity (Wildman–Crippen MR) is 68.1 cm³/mol. The Morgan fingerprint density at radius 2 is 2.35 bits per heavy atom. The number of carboxylic acids is 1. The molecule has 0 aliphatic carbocycles. The van der Waals surface area contributed by atoms with Crippen molar-refractivity contribution < 1.29 is 19.2 Å². The lowest BCUT2D eigenvalue weighted by atomic mass is 9.99. The van der Waals surface area contributed by atoms with Gasteiger partial charge in [-0.3, -0.25) is 4.79 Å². The third-order valence-corrected chi connectivity index (χ3v) is 3.24. The molecule has 1 unspecified atom stereocenters. The van der Waals surface area contributed by atoms with Crippen LogP contribution in [-0.4, -0.2) is 51.8 Å². The van der Waals surface area contributed by atoms with E-state index >= 15 is 0 Å². The van der Waals surface area contributed by atoms with E-state index in [-0.39, 0.29) is 12.6 Å². The van der Waals surface area contributed by atoms with Crippen molar-refractivity contribution in [2.75, 3.05) is 19.6 Å². The molecule has 1 saturated heterocycles. The van der Waals surface area contributed by atoms with Gasteiger partial charge in [0.1, 0.15) is 0 Å². The Kier molecular flexibility index (Phi) is 4.54. The lowest BCUT2D eigenvalue weighted by Gasteiger charge is -2.30. The summed E-state index contributed by atoms with van der Waals surface area (Å²) in [5, 5.41) is 15.4. The molecule has 2 rings (SSSR count). The number of aliphatic carboxylic acids is 1. The first kappa shape index (κ1) is 14.3. The van der Waals surface area contributed by atoms with Crippen LogP contribution in [0.4, 0.5) is 4.79 Å². The van der Waals surface area contributed by atoms with Crippen molar-refractivity contribution in [2.45, 2.75) is 26.2 Å². The SMILES string of the molecule is Cc1noc(CCNC(=O)N2CCCC(C(=O)O)C2)n1. The first-order chi connectivity index (χ1) is 9.56. The zero-order chi connectivity index (χ0) is 14.5. The lowest BCUT2D eigenvalue weighted by molar-refractivity contribution is -0.143. The summed E-state index contributed by atoms with van der Waals surface area (Å²) >= 11 is 0. The van der Waals surface area contributed by atoms with Gasteiger partial charge in [0.15, 0.2) is 5.82 Å². The summed E-state index contributed by atoms with van der Waals surface area (Å²) in [4.78, 5) is 28.4. The van der Waals surface area contributed by atoms with Crippen LogP contribution in [-0.2, 0) is 11.2 Å². The van der Waals surface area contributed by atoms with Gasteiger partial charge in [-0.2, -0.15) is 4.98 Å². The standard InChI is InChI=1S/C12H18N4O4/c1-8-14-10(20-15-8)4-5-13-12(19)16-6-2-3-9(7-16)11(17)18/h9H,2-7H2,1H3,(H,13,19)(H,17,18). The van der Waals surface area contributed by atoms with E-state index in [9.17, 15) is 9.59 Å². The normalized spacial score (nSPS) is 18.9. The maximum absolute atomic E-state index is 11.9. The van der Waals surface area contributed by atoms with Gasteiger partial charge in [-0.15, -0.1) is 0 Å². The van der Waals surface area contributed by atoms with Gasteiger partial charge >= 0.3 is 12.0 Å². The molecule has 0 radical (unpaired) electrons. The number of rotatable bonds is 4. The van der Waals surface area contributed by atoms with Gasteiger partial charge in [0.2, 0.25) is 5.89 Å². The number of urea groups is 1. The second-order valence-corrected chi connectivity index (χ2v) is 4.84. The second-order valence-electron chi connectivity index (χ2n) is 4.84. The molecule has 0 aromatic carbocycles. The van der Waals surface area contributed by atoms with E-state index in [0.29, 0.717) is 44.1 Å². The monoisotopic (exact) mass is 282 g/mol. The number of amides is 2. The minimum atomic E-state index is -0.844. The molecule has 20 heavy (non-hydrogen) atoms. The average Bonchev–Trinajstić information content (AvgIpc) is 2.84. The molecule has 0 saturated carbocycles. The molecule has 8 nitrogen and oxygen atoms in total. The Morgan fingerprint density at radius 1 is 1.55 bits per heavy atom. The molecule has 110 valence electrons. The van der Waals surface area contributed by atoms with Crippen LogP contribution in [0.2, 0.25) is 0 Å². The van der Waals surface area contributed by atoms with E-state index in [4.69, 9.17) is 9.63 Å².